The molecular weight excluding hydrogens is 350 g/mol. The van der Waals surface area contributed by atoms with Crippen LogP contribution in [0.2, 0.25) is 0 Å². The van der Waals surface area contributed by atoms with Crippen molar-refractivity contribution in [3.8, 4) is 0 Å². The minimum atomic E-state index is -0.211. The van der Waals surface area contributed by atoms with E-state index in [1.54, 1.807) is 29.3 Å². The number of pyridine rings is 2. The molecule has 0 aliphatic carbocycles. The first kappa shape index (κ1) is 17.7. The number of aromatic nitrogens is 2. The molecule has 138 valence electrons. The predicted molar refractivity (Wildman–Crippen MR) is 109 cm³/mol. The summed E-state index contributed by atoms with van der Waals surface area (Å²) in [6, 6.07) is 24.4. The summed E-state index contributed by atoms with van der Waals surface area (Å²) in [5.41, 5.74) is 2.48. The van der Waals surface area contributed by atoms with Gasteiger partial charge in [-0.3, -0.25) is 14.6 Å². The molecule has 1 amide bonds. The standard InChI is InChI=1S/C23H19N3O2/c27-22-19(14-18-10-4-5-11-20(18)25-22)16-26(15-17-8-2-1-3-9-17)23(28)21-12-6-7-13-24-21/h1-14H,15-16H2,(H,25,27). The highest BCUT2D eigenvalue weighted by atomic mass is 16.2. The second-order valence-electron chi connectivity index (χ2n) is 6.57. The van der Waals surface area contributed by atoms with Crippen LogP contribution < -0.4 is 5.56 Å². The van der Waals surface area contributed by atoms with Crippen LogP contribution in [0.4, 0.5) is 0 Å². The molecule has 28 heavy (non-hydrogen) atoms. The number of hydrogen-bond donors (Lipinski definition) is 1. The summed E-state index contributed by atoms with van der Waals surface area (Å²) < 4.78 is 0. The first-order chi connectivity index (χ1) is 13.7. The van der Waals surface area contributed by atoms with E-state index >= 15 is 0 Å². The lowest BCUT2D eigenvalue weighted by atomic mass is 10.1. The number of nitrogens with one attached hydrogen (secondary N) is 1. The van der Waals surface area contributed by atoms with Gasteiger partial charge in [0, 0.05) is 23.8 Å². The van der Waals surface area contributed by atoms with Crippen LogP contribution in [-0.4, -0.2) is 20.8 Å². The van der Waals surface area contributed by atoms with Crippen LogP contribution in [0.15, 0.2) is 89.9 Å². The molecule has 1 N–H and O–H groups in total. The Labute approximate surface area is 162 Å². The van der Waals surface area contributed by atoms with Crippen molar-refractivity contribution in [1.29, 1.82) is 0 Å². The Hall–Kier alpha value is -3.73. The van der Waals surface area contributed by atoms with Crippen LogP contribution in [0.1, 0.15) is 21.6 Å². The molecule has 0 saturated carbocycles. The average Bonchev–Trinajstić information content (AvgIpc) is 2.74. The smallest absolute Gasteiger partial charge is 0.273 e. The van der Waals surface area contributed by atoms with Crippen LogP contribution in [0.3, 0.4) is 0 Å². The molecule has 4 aromatic rings. The number of hydrogen-bond acceptors (Lipinski definition) is 3. The molecule has 0 radical (unpaired) electrons. The third-order valence-electron chi connectivity index (χ3n) is 4.58. The van der Waals surface area contributed by atoms with Crippen molar-refractivity contribution in [3.05, 3.63) is 112 Å². The molecule has 0 spiro atoms. The van der Waals surface area contributed by atoms with E-state index in [-0.39, 0.29) is 18.0 Å². The van der Waals surface area contributed by atoms with Crippen LogP contribution >= 0.6 is 0 Å². The lowest BCUT2D eigenvalue weighted by molar-refractivity contribution is 0.0723. The normalized spacial score (nSPS) is 10.7. The molecule has 5 heteroatoms. The number of carbonyl (C=O) groups is 1. The van der Waals surface area contributed by atoms with E-state index in [4.69, 9.17) is 0 Å². The molecule has 0 saturated heterocycles. The molecule has 0 atom stereocenters. The van der Waals surface area contributed by atoms with E-state index in [0.29, 0.717) is 17.8 Å². The summed E-state index contributed by atoms with van der Waals surface area (Å²) in [7, 11) is 0. The highest BCUT2D eigenvalue weighted by molar-refractivity contribution is 5.92. The van der Waals surface area contributed by atoms with E-state index in [1.807, 2.05) is 60.7 Å². The minimum Gasteiger partial charge on any atom is -0.328 e. The fourth-order valence-electron chi connectivity index (χ4n) is 3.17. The number of H-pyrrole nitrogens is 1. The van der Waals surface area contributed by atoms with Crippen molar-refractivity contribution >= 4 is 16.8 Å². The molecule has 0 fully saturated rings. The highest BCUT2D eigenvalue weighted by Gasteiger charge is 2.19. The summed E-state index contributed by atoms with van der Waals surface area (Å²) in [6.45, 7) is 0.590. The van der Waals surface area contributed by atoms with Crippen LogP contribution in [0.25, 0.3) is 10.9 Å². The van der Waals surface area contributed by atoms with Gasteiger partial charge in [0.2, 0.25) is 0 Å². The van der Waals surface area contributed by atoms with Crippen molar-refractivity contribution < 1.29 is 4.79 Å². The zero-order valence-electron chi connectivity index (χ0n) is 15.2. The van der Waals surface area contributed by atoms with Gasteiger partial charge in [-0.05, 0) is 35.2 Å². The number of nitrogens with zero attached hydrogens (tertiary/aromatic N) is 2. The monoisotopic (exact) mass is 369 g/mol. The van der Waals surface area contributed by atoms with Gasteiger partial charge in [-0.15, -0.1) is 0 Å². The maximum Gasteiger partial charge on any atom is 0.273 e. The second-order valence-corrected chi connectivity index (χ2v) is 6.57. The molecule has 0 aliphatic rings. The average molecular weight is 369 g/mol. The van der Waals surface area contributed by atoms with Crippen LogP contribution in [-0.2, 0) is 13.1 Å². The van der Waals surface area contributed by atoms with Crippen molar-refractivity contribution in [2.24, 2.45) is 0 Å². The highest BCUT2D eigenvalue weighted by Crippen LogP contribution is 2.15. The number of benzene rings is 2. The van der Waals surface area contributed by atoms with Crippen molar-refractivity contribution in [1.82, 2.24) is 14.9 Å². The van der Waals surface area contributed by atoms with E-state index in [0.717, 1.165) is 16.5 Å². The summed E-state index contributed by atoms with van der Waals surface area (Å²) in [6.07, 6.45) is 1.59. The SMILES string of the molecule is O=C(c1ccccn1)N(Cc1ccccc1)Cc1cc2ccccc2[nH]c1=O. The van der Waals surface area contributed by atoms with Crippen LogP contribution in [0, 0.1) is 0 Å². The third kappa shape index (κ3) is 3.83. The van der Waals surface area contributed by atoms with Gasteiger partial charge in [-0.25, -0.2) is 0 Å². The second kappa shape index (κ2) is 7.88. The Morgan fingerprint density at radius 1 is 0.893 bits per heavy atom. The number of rotatable bonds is 5. The van der Waals surface area contributed by atoms with Gasteiger partial charge in [0.05, 0.1) is 6.54 Å². The largest absolute Gasteiger partial charge is 0.328 e. The fourth-order valence-corrected chi connectivity index (χ4v) is 3.17. The van der Waals surface area contributed by atoms with Gasteiger partial charge in [0.1, 0.15) is 5.69 Å². The molecule has 4 rings (SSSR count). The van der Waals surface area contributed by atoms with Crippen molar-refractivity contribution in [2.45, 2.75) is 13.1 Å². The van der Waals surface area contributed by atoms with Crippen molar-refractivity contribution in [3.63, 3.8) is 0 Å². The number of para-hydroxylation sites is 1. The van der Waals surface area contributed by atoms with E-state index < -0.39 is 0 Å². The van der Waals surface area contributed by atoms with Gasteiger partial charge in [0.15, 0.2) is 0 Å². The maximum atomic E-state index is 13.1. The summed E-state index contributed by atoms with van der Waals surface area (Å²) in [5, 5.41) is 0.932. The van der Waals surface area contributed by atoms with Gasteiger partial charge in [0.25, 0.3) is 11.5 Å². The Kier molecular flexibility index (Phi) is 4.97. The van der Waals surface area contributed by atoms with Crippen molar-refractivity contribution in [2.75, 3.05) is 0 Å². The van der Waals surface area contributed by atoms with Gasteiger partial charge >= 0.3 is 0 Å². The number of amides is 1. The Morgan fingerprint density at radius 3 is 2.43 bits per heavy atom. The number of carbonyl (C=O) groups excluding carboxylic acids is 1. The zero-order valence-corrected chi connectivity index (χ0v) is 15.2. The first-order valence-electron chi connectivity index (χ1n) is 9.06. The minimum absolute atomic E-state index is 0.189. The molecular formula is C23H19N3O2. The van der Waals surface area contributed by atoms with E-state index in [1.165, 1.54) is 0 Å². The van der Waals surface area contributed by atoms with Gasteiger partial charge in [-0.1, -0.05) is 54.6 Å². The van der Waals surface area contributed by atoms with Gasteiger partial charge < -0.3 is 9.88 Å². The van der Waals surface area contributed by atoms with E-state index in [9.17, 15) is 9.59 Å². The Balaban J connectivity index is 1.70. The zero-order chi connectivity index (χ0) is 19.3. The first-order valence-corrected chi connectivity index (χ1v) is 9.06. The Morgan fingerprint density at radius 2 is 1.64 bits per heavy atom. The lowest BCUT2D eigenvalue weighted by Crippen LogP contribution is -2.33. The predicted octanol–water partition coefficient (Wildman–Crippen LogP) is 3.77. The fraction of sp³-hybridized carbons (Fsp3) is 0.0870. The maximum absolute atomic E-state index is 13.1. The molecule has 2 heterocycles. The summed E-state index contributed by atoms with van der Waals surface area (Å²) >= 11 is 0. The molecule has 0 unspecified atom stereocenters. The third-order valence-corrected chi connectivity index (χ3v) is 4.58. The number of aromatic amines is 1. The summed E-state index contributed by atoms with van der Waals surface area (Å²) in [4.78, 5) is 34.4. The van der Waals surface area contributed by atoms with Crippen LogP contribution in [0.5, 0.6) is 0 Å². The molecule has 0 aliphatic heterocycles. The van der Waals surface area contributed by atoms with Gasteiger partial charge in [-0.2, -0.15) is 0 Å². The molecule has 5 nitrogen and oxygen atoms in total. The molecule has 2 aromatic heterocycles. The lowest BCUT2D eigenvalue weighted by Gasteiger charge is -2.22. The molecule has 2 aromatic carbocycles. The Bertz CT molecular complexity index is 1150. The molecule has 0 bridgehead atoms. The topological polar surface area (TPSA) is 66.1 Å². The number of fused-ring (bicyclic) bond motifs is 1. The van der Waals surface area contributed by atoms with E-state index in [2.05, 4.69) is 9.97 Å². The quantitative estimate of drug-likeness (QED) is 0.582. The summed E-state index contributed by atoms with van der Waals surface area (Å²) in [5.74, 6) is -0.211.